The summed E-state index contributed by atoms with van der Waals surface area (Å²) in [5.41, 5.74) is 1.68. The van der Waals surface area contributed by atoms with E-state index in [2.05, 4.69) is 15.6 Å². The van der Waals surface area contributed by atoms with Crippen molar-refractivity contribution >= 4 is 51.1 Å². The minimum atomic E-state index is -1.15. The van der Waals surface area contributed by atoms with Gasteiger partial charge < -0.3 is 15.7 Å². The molecule has 2 aromatic carbocycles. The van der Waals surface area contributed by atoms with E-state index >= 15 is 0 Å². The second kappa shape index (κ2) is 9.76. The zero-order valence-electron chi connectivity index (χ0n) is 17.8. The van der Waals surface area contributed by atoms with E-state index < -0.39 is 24.1 Å². The SMILES string of the molecule is CC(NC(=O)[C@H]1C[C@H](c2ccccc2)CN1C(=O)O)C(=O)NCc1nc2c(Cl)cccc2s1. The molecule has 3 N–H and O–H groups in total. The van der Waals surface area contributed by atoms with Gasteiger partial charge >= 0.3 is 6.09 Å². The third-order valence-electron chi connectivity index (χ3n) is 5.70. The van der Waals surface area contributed by atoms with Crippen molar-refractivity contribution in [2.24, 2.45) is 0 Å². The number of carbonyl (C=O) groups excluding carboxylic acids is 2. The van der Waals surface area contributed by atoms with Crippen LogP contribution in [0, 0.1) is 0 Å². The Morgan fingerprint density at radius 3 is 2.67 bits per heavy atom. The maximum Gasteiger partial charge on any atom is 0.408 e. The molecule has 0 radical (unpaired) electrons. The molecule has 1 aliphatic rings. The number of fused-ring (bicyclic) bond motifs is 1. The van der Waals surface area contributed by atoms with Gasteiger partial charge in [0, 0.05) is 12.5 Å². The highest BCUT2D eigenvalue weighted by atomic mass is 35.5. The number of likely N-dealkylation sites (tertiary alicyclic amines) is 1. The van der Waals surface area contributed by atoms with E-state index in [1.165, 1.54) is 11.3 Å². The molecule has 0 spiro atoms. The summed E-state index contributed by atoms with van der Waals surface area (Å²) in [4.78, 5) is 42.7. The van der Waals surface area contributed by atoms with Gasteiger partial charge in [-0.1, -0.05) is 48.0 Å². The van der Waals surface area contributed by atoms with Crippen molar-refractivity contribution < 1.29 is 19.5 Å². The summed E-state index contributed by atoms with van der Waals surface area (Å²) in [6.07, 6.45) is -0.789. The van der Waals surface area contributed by atoms with Gasteiger partial charge in [-0.3, -0.25) is 14.5 Å². The van der Waals surface area contributed by atoms with E-state index in [-0.39, 0.29) is 24.9 Å². The number of rotatable bonds is 6. The second-order valence-electron chi connectivity index (χ2n) is 7.94. The van der Waals surface area contributed by atoms with Gasteiger partial charge in [0.15, 0.2) is 0 Å². The Morgan fingerprint density at radius 2 is 1.97 bits per heavy atom. The molecule has 1 aliphatic heterocycles. The van der Waals surface area contributed by atoms with Crippen molar-refractivity contribution in [1.82, 2.24) is 20.5 Å². The predicted octanol–water partition coefficient (Wildman–Crippen LogP) is 3.61. The molecule has 4 rings (SSSR count). The topological polar surface area (TPSA) is 112 Å². The van der Waals surface area contributed by atoms with Gasteiger partial charge in [-0.2, -0.15) is 0 Å². The van der Waals surface area contributed by atoms with Crippen molar-refractivity contribution in [2.75, 3.05) is 6.54 Å². The molecule has 33 heavy (non-hydrogen) atoms. The third-order valence-corrected chi connectivity index (χ3v) is 7.03. The Labute approximate surface area is 199 Å². The van der Waals surface area contributed by atoms with Gasteiger partial charge in [0.25, 0.3) is 0 Å². The van der Waals surface area contributed by atoms with Crippen LogP contribution in [0.5, 0.6) is 0 Å². The van der Waals surface area contributed by atoms with Gasteiger partial charge in [0.05, 0.1) is 16.3 Å². The molecule has 0 saturated carbocycles. The maximum atomic E-state index is 12.9. The number of aromatic nitrogens is 1. The molecule has 1 fully saturated rings. The van der Waals surface area contributed by atoms with Gasteiger partial charge in [-0.05, 0) is 31.0 Å². The van der Waals surface area contributed by atoms with E-state index in [1.807, 2.05) is 42.5 Å². The highest BCUT2D eigenvalue weighted by Gasteiger charge is 2.40. The molecule has 1 unspecified atom stereocenters. The van der Waals surface area contributed by atoms with Gasteiger partial charge in [0.2, 0.25) is 11.8 Å². The molecule has 10 heteroatoms. The smallest absolute Gasteiger partial charge is 0.408 e. The standard InChI is InChI=1S/C23H23ClN4O4S/c1-13(21(29)25-11-19-27-20-16(24)8-5-9-18(20)33-19)26-22(30)17-10-15(12-28(17)23(31)32)14-6-3-2-4-7-14/h2-9,13,15,17H,10-12H2,1H3,(H,25,29)(H,26,30)(H,31,32)/t13?,15-,17+/m0/s1. The maximum absolute atomic E-state index is 12.9. The lowest BCUT2D eigenvalue weighted by atomic mass is 9.96. The molecule has 0 bridgehead atoms. The van der Waals surface area contributed by atoms with Crippen molar-refractivity contribution in [3.8, 4) is 0 Å². The van der Waals surface area contributed by atoms with Crippen LogP contribution in [0.15, 0.2) is 48.5 Å². The number of nitrogens with zero attached hydrogens (tertiary/aromatic N) is 2. The summed E-state index contributed by atoms with van der Waals surface area (Å²) in [7, 11) is 0. The number of carbonyl (C=O) groups is 3. The average Bonchev–Trinajstić information content (AvgIpc) is 3.43. The molecule has 1 aromatic heterocycles. The van der Waals surface area contributed by atoms with E-state index in [0.29, 0.717) is 22.0 Å². The minimum absolute atomic E-state index is 0.0759. The van der Waals surface area contributed by atoms with Crippen molar-refractivity contribution in [3.05, 3.63) is 64.1 Å². The predicted molar refractivity (Wildman–Crippen MR) is 126 cm³/mol. The number of hydrogen-bond donors (Lipinski definition) is 3. The second-order valence-corrected chi connectivity index (χ2v) is 9.46. The van der Waals surface area contributed by atoms with Crippen LogP contribution in [0.4, 0.5) is 4.79 Å². The number of benzene rings is 2. The molecule has 1 saturated heterocycles. The summed E-state index contributed by atoms with van der Waals surface area (Å²) >= 11 is 7.58. The Bertz CT molecular complexity index is 1190. The van der Waals surface area contributed by atoms with Crippen LogP contribution < -0.4 is 10.6 Å². The number of hydrogen-bond acceptors (Lipinski definition) is 5. The van der Waals surface area contributed by atoms with Crippen molar-refractivity contribution in [3.63, 3.8) is 0 Å². The first kappa shape index (κ1) is 23.0. The normalized spacial score (nSPS) is 18.8. The summed E-state index contributed by atoms with van der Waals surface area (Å²) in [5.74, 6) is -0.938. The first-order valence-corrected chi connectivity index (χ1v) is 11.7. The summed E-state index contributed by atoms with van der Waals surface area (Å²) in [5, 5.41) is 16.3. The molecule has 3 amide bonds. The van der Waals surface area contributed by atoms with Crippen LogP contribution >= 0.6 is 22.9 Å². The highest BCUT2D eigenvalue weighted by molar-refractivity contribution is 7.18. The fourth-order valence-corrected chi connectivity index (χ4v) is 5.20. The lowest BCUT2D eigenvalue weighted by molar-refractivity contribution is -0.130. The molecule has 172 valence electrons. The lowest BCUT2D eigenvalue weighted by Gasteiger charge is -2.22. The Kier molecular flexibility index (Phi) is 6.80. The number of halogens is 1. The third kappa shape index (κ3) is 5.09. The Morgan fingerprint density at radius 1 is 1.21 bits per heavy atom. The monoisotopic (exact) mass is 486 g/mol. The summed E-state index contributed by atoms with van der Waals surface area (Å²) < 4.78 is 0.927. The van der Waals surface area contributed by atoms with Crippen LogP contribution in [0.2, 0.25) is 5.02 Å². The number of para-hydroxylation sites is 1. The summed E-state index contributed by atoms with van der Waals surface area (Å²) in [6.45, 7) is 2.00. The first-order valence-electron chi connectivity index (χ1n) is 10.5. The van der Waals surface area contributed by atoms with Crippen LogP contribution in [-0.4, -0.2) is 51.5 Å². The van der Waals surface area contributed by atoms with Crippen molar-refractivity contribution in [1.29, 1.82) is 0 Å². The van der Waals surface area contributed by atoms with Crippen LogP contribution in [0.25, 0.3) is 10.2 Å². The van der Waals surface area contributed by atoms with Crippen LogP contribution in [-0.2, 0) is 16.1 Å². The number of amides is 3. The minimum Gasteiger partial charge on any atom is -0.465 e. The van der Waals surface area contributed by atoms with E-state index in [4.69, 9.17) is 11.6 Å². The van der Waals surface area contributed by atoms with E-state index in [0.717, 1.165) is 15.2 Å². The van der Waals surface area contributed by atoms with Gasteiger partial charge in [-0.15, -0.1) is 11.3 Å². The zero-order chi connectivity index (χ0) is 23.5. The van der Waals surface area contributed by atoms with E-state index in [9.17, 15) is 19.5 Å². The lowest BCUT2D eigenvalue weighted by Crippen LogP contribution is -2.51. The first-order chi connectivity index (χ1) is 15.8. The Balaban J connectivity index is 1.35. The zero-order valence-corrected chi connectivity index (χ0v) is 19.4. The van der Waals surface area contributed by atoms with Gasteiger partial charge in [0.1, 0.15) is 22.6 Å². The van der Waals surface area contributed by atoms with Crippen molar-refractivity contribution in [2.45, 2.75) is 37.9 Å². The average molecular weight is 487 g/mol. The largest absolute Gasteiger partial charge is 0.465 e. The number of thiazole rings is 1. The van der Waals surface area contributed by atoms with Crippen LogP contribution in [0.3, 0.4) is 0 Å². The summed E-state index contributed by atoms with van der Waals surface area (Å²) in [6, 6.07) is 13.3. The van der Waals surface area contributed by atoms with E-state index in [1.54, 1.807) is 13.0 Å². The highest BCUT2D eigenvalue weighted by Crippen LogP contribution is 2.32. The fraction of sp³-hybridized carbons (Fsp3) is 0.304. The molecule has 2 heterocycles. The quantitative estimate of drug-likeness (QED) is 0.493. The molecular formula is C23H23ClN4O4S. The Hall–Kier alpha value is -3.17. The molecule has 3 aromatic rings. The van der Waals surface area contributed by atoms with Gasteiger partial charge in [-0.25, -0.2) is 9.78 Å². The molecular weight excluding hydrogens is 464 g/mol. The molecule has 0 aliphatic carbocycles. The number of carboxylic acid groups (broad SMARTS) is 1. The number of nitrogens with one attached hydrogen (secondary N) is 2. The molecule has 8 nitrogen and oxygen atoms in total. The van der Waals surface area contributed by atoms with Crippen LogP contribution in [0.1, 0.15) is 29.8 Å². The molecule has 3 atom stereocenters. The fourth-order valence-electron chi connectivity index (χ4n) is 3.99.